The highest BCUT2D eigenvalue weighted by Gasteiger charge is 2.29. The van der Waals surface area contributed by atoms with Gasteiger partial charge in [-0.25, -0.2) is 4.98 Å². The van der Waals surface area contributed by atoms with Gasteiger partial charge in [0.1, 0.15) is 5.65 Å². The van der Waals surface area contributed by atoms with Gasteiger partial charge in [-0.2, -0.15) is 9.97 Å². The van der Waals surface area contributed by atoms with E-state index >= 15 is 0 Å². The largest absolute Gasteiger partial charge is 0.293 e. The lowest BCUT2D eigenvalue weighted by atomic mass is 9.97. The van der Waals surface area contributed by atoms with E-state index in [1.165, 1.54) is 48.0 Å². The summed E-state index contributed by atoms with van der Waals surface area (Å²) < 4.78 is 4.67. The van der Waals surface area contributed by atoms with Crippen molar-refractivity contribution in [2.45, 2.75) is 9.79 Å². The molecule has 0 bridgehead atoms. The predicted octanol–water partition coefficient (Wildman–Crippen LogP) is 13.2. The number of hydrogen-bond acceptors (Lipinski definition) is 4. The van der Waals surface area contributed by atoms with Gasteiger partial charge in [-0.3, -0.25) is 9.13 Å². The Morgan fingerprint density at radius 3 is 1.77 bits per heavy atom. The molecule has 0 saturated carbocycles. The maximum absolute atomic E-state index is 5.35. The van der Waals surface area contributed by atoms with Crippen LogP contribution in [0.5, 0.6) is 0 Å². The smallest absolute Gasteiger partial charge is 0.239 e. The molecule has 12 rings (SSSR count). The summed E-state index contributed by atoms with van der Waals surface area (Å²) in [5, 5.41) is 6.02. The summed E-state index contributed by atoms with van der Waals surface area (Å²) in [6.07, 6.45) is 0. The third-order valence-corrected chi connectivity index (χ3v) is 12.3. The van der Waals surface area contributed by atoms with Crippen molar-refractivity contribution in [1.29, 1.82) is 0 Å². The molecule has 266 valence electrons. The lowest BCUT2D eigenvalue weighted by Gasteiger charge is -2.20. The molecule has 0 N–H and O–H groups in total. The van der Waals surface area contributed by atoms with E-state index in [9.17, 15) is 0 Å². The van der Waals surface area contributed by atoms with Crippen LogP contribution in [0.3, 0.4) is 0 Å². The van der Waals surface area contributed by atoms with E-state index < -0.39 is 0 Å². The normalized spacial score (nSPS) is 12.1. The fourth-order valence-corrected chi connectivity index (χ4v) is 9.66. The summed E-state index contributed by atoms with van der Waals surface area (Å²) in [5.41, 5.74) is 10.9. The van der Waals surface area contributed by atoms with Gasteiger partial charge in [-0.05, 0) is 57.3 Å². The number of fused-ring (bicyclic) bond motifs is 8. The molecule has 3 aromatic heterocycles. The van der Waals surface area contributed by atoms with E-state index in [1.54, 1.807) is 0 Å². The van der Waals surface area contributed by atoms with Gasteiger partial charge >= 0.3 is 0 Å². The molecule has 57 heavy (non-hydrogen) atoms. The SMILES string of the molecule is c1ccc(-c2ccc(-c3nc(-c4ccc(-c5cccc6ccccc56)cc4)nc(-n4c5ccccc5c5c6cccc7c6n(c54)-c4ccccc4S7)n3)cc2)cc1. The van der Waals surface area contributed by atoms with Crippen molar-refractivity contribution in [3.8, 4) is 56.7 Å². The molecule has 6 heteroatoms. The minimum absolute atomic E-state index is 0.572. The first-order valence-electron chi connectivity index (χ1n) is 19.1. The van der Waals surface area contributed by atoms with Crippen molar-refractivity contribution in [1.82, 2.24) is 24.1 Å². The Labute approximate surface area is 332 Å². The Bertz CT molecular complexity index is 3360. The second-order valence-corrected chi connectivity index (χ2v) is 15.5. The van der Waals surface area contributed by atoms with E-state index in [0.29, 0.717) is 17.6 Å². The van der Waals surface area contributed by atoms with Crippen LogP contribution in [0.1, 0.15) is 0 Å². The monoisotopic (exact) mass is 745 g/mol. The number of para-hydroxylation sites is 3. The van der Waals surface area contributed by atoms with Crippen LogP contribution >= 0.6 is 11.8 Å². The van der Waals surface area contributed by atoms with Gasteiger partial charge in [0.25, 0.3) is 0 Å². The van der Waals surface area contributed by atoms with Crippen molar-refractivity contribution in [2.75, 3.05) is 0 Å². The standard InChI is InChI=1S/C51H31N5S/c1-2-12-32(13-3-1)33-24-28-36(29-25-33)48-52-49(37-30-26-35(27-31-37)39-18-10-15-34-14-4-5-16-38(34)39)54-51(53-48)56-42-20-7-6-17-40(42)46-41-19-11-23-45-47(41)55(50(46)56)43-21-8-9-22-44(43)57-45/h1-31H. The third-order valence-electron chi connectivity index (χ3n) is 11.2. The third kappa shape index (κ3) is 5.01. The molecule has 11 aromatic rings. The first-order valence-corrected chi connectivity index (χ1v) is 19.9. The first-order chi connectivity index (χ1) is 28.3. The van der Waals surface area contributed by atoms with Gasteiger partial charge in [0.15, 0.2) is 11.6 Å². The van der Waals surface area contributed by atoms with Crippen molar-refractivity contribution in [3.63, 3.8) is 0 Å². The van der Waals surface area contributed by atoms with Crippen LogP contribution < -0.4 is 0 Å². The predicted molar refractivity (Wildman–Crippen MR) is 234 cm³/mol. The molecule has 0 aliphatic carbocycles. The Balaban J connectivity index is 1.11. The molecule has 8 aromatic carbocycles. The van der Waals surface area contributed by atoms with Gasteiger partial charge in [-0.1, -0.05) is 176 Å². The topological polar surface area (TPSA) is 48.5 Å². The fourth-order valence-electron chi connectivity index (χ4n) is 8.57. The molecule has 0 atom stereocenters. The summed E-state index contributed by atoms with van der Waals surface area (Å²) >= 11 is 1.83. The highest BCUT2D eigenvalue weighted by atomic mass is 32.2. The second kappa shape index (κ2) is 12.6. The van der Waals surface area contributed by atoms with Gasteiger partial charge in [0.2, 0.25) is 5.95 Å². The number of rotatable bonds is 5. The highest BCUT2D eigenvalue weighted by molar-refractivity contribution is 7.99. The number of aromatic nitrogens is 5. The van der Waals surface area contributed by atoms with Gasteiger partial charge in [0, 0.05) is 37.1 Å². The van der Waals surface area contributed by atoms with Crippen molar-refractivity contribution in [2.24, 2.45) is 0 Å². The van der Waals surface area contributed by atoms with Crippen LogP contribution in [-0.4, -0.2) is 24.1 Å². The van der Waals surface area contributed by atoms with Crippen LogP contribution in [0.25, 0.3) is 100 Å². The molecular formula is C51H31N5S. The van der Waals surface area contributed by atoms with E-state index in [2.05, 4.69) is 191 Å². The van der Waals surface area contributed by atoms with Crippen LogP contribution in [0.2, 0.25) is 0 Å². The Hall–Kier alpha value is -7.28. The van der Waals surface area contributed by atoms with Crippen molar-refractivity contribution < 1.29 is 0 Å². The summed E-state index contributed by atoms with van der Waals surface area (Å²) in [6.45, 7) is 0. The maximum atomic E-state index is 5.35. The highest BCUT2D eigenvalue weighted by Crippen LogP contribution is 2.49. The minimum atomic E-state index is 0.572. The molecule has 1 aliphatic rings. The fraction of sp³-hybridized carbons (Fsp3) is 0. The number of nitrogens with zero attached hydrogens (tertiary/aromatic N) is 5. The summed E-state index contributed by atoms with van der Waals surface area (Å²) in [7, 11) is 0. The molecule has 0 amide bonds. The zero-order valence-electron chi connectivity index (χ0n) is 30.5. The molecule has 0 radical (unpaired) electrons. The van der Waals surface area contributed by atoms with E-state index in [1.807, 2.05) is 17.8 Å². The molecule has 0 fully saturated rings. The molecule has 0 spiro atoms. The molecular weight excluding hydrogens is 715 g/mol. The lowest BCUT2D eigenvalue weighted by Crippen LogP contribution is -2.10. The van der Waals surface area contributed by atoms with Gasteiger partial charge in [0.05, 0.1) is 16.7 Å². The van der Waals surface area contributed by atoms with Gasteiger partial charge < -0.3 is 0 Å². The molecule has 0 unspecified atom stereocenters. The first kappa shape index (κ1) is 32.0. The van der Waals surface area contributed by atoms with Crippen LogP contribution in [0, 0.1) is 0 Å². The molecule has 5 nitrogen and oxygen atoms in total. The van der Waals surface area contributed by atoms with E-state index in [-0.39, 0.29) is 0 Å². The van der Waals surface area contributed by atoms with E-state index in [4.69, 9.17) is 15.0 Å². The average molecular weight is 746 g/mol. The Morgan fingerprint density at radius 1 is 0.386 bits per heavy atom. The van der Waals surface area contributed by atoms with Gasteiger partial charge in [-0.15, -0.1) is 0 Å². The molecule has 0 saturated heterocycles. The van der Waals surface area contributed by atoms with Crippen LogP contribution in [-0.2, 0) is 0 Å². The van der Waals surface area contributed by atoms with E-state index in [0.717, 1.165) is 44.5 Å². The average Bonchev–Trinajstić information content (AvgIpc) is 3.81. The van der Waals surface area contributed by atoms with Crippen molar-refractivity contribution >= 4 is 55.4 Å². The second-order valence-electron chi connectivity index (χ2n) is 14.4. The quantitative estimate of drug-likeness (QED) is 0.176. The zero-order chi connectivity index (χ0) is 37.5. The van der Waals surface area contributed by atoms with Crippen LogP contribution in [0.15, 0.2) is 198 Å². The number of hydrogen-bond donors (Lipinski definition) is 0. The summed E-state index contributed by atoms with van der Waals surface area (Å²) in [6, 6.07) is 66.6. The van der Waals surface area contributed by atoms with Crippen molar-refractivity contribution in [3.05, 3.63) is 188 Å². The minimum Gasteiger partial charge on any atom is -0.293 e. The molecule has 1 aliphatic heterocycles. The zero-order valence-corrected chi connectivity index (χ0v) is 31.4. The Kier molecular flexibility index (Phi) is 7.09. The maximum Gasteiger partial charge on any atom is 0.239 e. The summed E-state index contributed by atoms with van der Waals surface area (Å²) in [4.78, 5) is 18.3. The number of benzene rings is 8. The Morgan fingerprint density at radius 2 is 0.965 bits per heavy atom. The molecule has 4 heterocycles. The lowest BCUT2D eigenvalue weighted by molar-refractivity contribution is 0.927. The summed E-state index contributed by atoms with van der Waals surface area (Å²) in [5.74, 6) is 1.80. The van der Waals surface area contributed by atoms with Crippen LogP contribution in [0.4, 0.5) is 0 Å².